The highest BCUT2D eigenvalue weighted by atomic mass is 16.5. The lowest BCUT2D eigenvalue weighted by Crippen LogP contribution is -2.44. The van der Waals surface area contributed by atoms with Gasteiger partial charge in [0.2, 0.25) is 0 Å². The van der Waals surface area contributed by atoms with E-state index < -0.39 is 0 Å². The van der Waals surface area contributed by atoms with Crippen LogP contribution >= 0.6 is 0 Å². The number of rotatable bonds is 5. The first-order chi connectivity index (χ1) is 10.3. The first-order valence-electron chi connectivity index (χ1n) is 8.09. The zero-order chi connectivity index (χ0) is 14.5. The van der Waals surface area contributed by atoms with Crippen LogP contribution in [-0.2, 0) is 17.7 Å². The highest BCUT2D eigenvalue weighted by Gasteiger charge is 2.14. The molecule has 1 unspecified atom stereocenters. The van der Waals surface area contributed by atoms with Gasteiger partial charge < -0.3 is 14.8 Å². The van der Waals surface area contributed by atoms with E-state index in [0.29, 0.717) is 6.04 Å². The van der Waals surface area contributed by atoms with Crippen molar-refractivity contribution in [3.8, 4) is 5.75 Å². The molecule has 1 atom stereocenters. The number of nitrogens with one attached hydrogen (secondary N) is 1. The van der Waals surface area contributed by atoms with Gasteiger partial charge in [-0.3, -0.25) is 4.90 Å². The standard InChI is InChI=1S/C17H26N2O2/c1-14(13-19-6-9-20-10-7-19)18-12-15-4-5-17-16(11-15)3-2-8-21-17/h4-5,11,14,18H,2-3,6-10,12-13H2,1H3. The molecule has 0 saturated carbocycles. The van der Waals surface area contributed by atoms with E-state index in [-0.39, 0.29) is 0 Å². The molecule has 0 spiro atoms. The van der Waals surface area contributed by atoms with Crippen LogP contribution in [0.2, 0.25) is 0 Å². The summed E-state index contributed by atoms with van der Waals surface area (Å²) in [6.07, 6.45) is 2.28. The van der Waals surface area contributed by atoms with Gasteiger partial charge in [0.1, 0.15) is 5.75 Å². The Labute approximate surface area is 127 Å². The average molecular weight is 290 g/mol. The predicted molar refractivity (Wildman–Crippen MR) is 83.8 cm³/mol. The average Bonchev–Trinajstić information content (AvgIpc) is 2.54. The first-order valence-corrected chi connectivity index (χ1v) is 8.09. The van der Waals surface area contributed by atoms with Crippen molar-refractivity contribution < 1.29 is 9.47 Å². The third-order valence-electron chi connectivity index (χ3n) is 4.26. The summed E-state index contributed by atoms with van der Waals surface area (Å²) in [7, 11) is 0. The topological polar surface area (TPSA) is 33.7 Å². The number of fused-ring (bicyclic) bond motifs is 1. The second-order valence-corrected chi connectivity index (χ2v) is 6.09. The van der Waals surface area contributed by atoms with Crippen LogP contribution < -0.4 is 10.1 Å². The van der Waals surface area contributed by atoms with E-state index in [4.69, 9.17) is 9.47 Å². The van der Waals surface area contributed by atoms with E-state index in [1.807, 2.05) is 0 Å². The van der Waals surface area contributed by atoms with Gasteiger partial charge in [-0.1, -0.05) is 12.1 Å². The molecule has 21 heavy (non-hydrogen) atoms. The van der Waals surface area contributed by atoms with Gasteiger partial charge in [0.05, 0.1) is 19.8 Å². The van der Waals surface area contributed by atoms with Crippen molar-refractivity contribution in [1.29, 1.82) is 0 Å². The number of benzene rings is 1. The molecule has 4 heteroatoms. The first kappa shape index (κ1) is 14.8. The second-order valence-electron chi connectivity index (χ2n) is 6.09. The fourth-order valence-electron chi connectivity index (χ4n) is 3.05. The number of hydrogen-bond acceptors (Lipinski definition) is 4. The van der Waals surface area contributed by atoms with Crippen molar-refractivity contribution in [2.24, 2.45) is 0 Å². The summed E-state index contributed by atoms with van der Waals surface area (Å²) < 4.78 is 11.1. The monoisotopic (exact) mass is 290 g/mol. The van der Waals surface area contributed by atoms with Gasteiger partial charge >= 0.3 is 0 Å². The van der Waals surface area contributed by atoms with E-state index in [9.17, 15) is 0 Å². The molecule has 1 aromatic carbocycles. The van der Waals surface area contributed by atoms with Crippen LogP contribution in [0, 0.1) is 0 Å². The van der Waals surface area contributed by atoms with Gasteiger partial charge in [-0.2, -0.15) is 0 Å². The Morgan fingerprint density at radius 1 is 1.24 bits per heavy atom. The van der Waals surface area contributed by atoms with Crippen molar-refractivity contribution in [3.05, 3.63) is 29.3 Å². The summed E-state index contributed by atoms with van der Waals surface area (Å²) in [5.41, 5.74) is 2.72. The van der Waals surface area contributed by atoms with Crippen molar-refractivity contribution in [2.75, 3.05) is 39.5 Å². The molecule has 0 bridgehead atoms. The van der Waals surface area contributed by atoms with E-state index >= 15 is 0 Å². The summed E-state index contributed by atoms with van der Waals surface area (Å²) in [6, 6.07) is 7.09. The Morgan fingerprint density at radius 2 is 2.10 bits per heavy atom. The largest absolute Gasteiger partial charge is 0.493 e. The normalized spacial score (nSPS) is 20.6. The van der Waals surface area contributed by atoms with Crippen LogP contribution in [0.3, 0.4) is 0 Å². The van der Waals surface area contributed by atoms with Gasteiger partial charge in [-0.25, -0.2) is 0 Å². The van der Waals surface area contributed by atoms with E-state index in [1.54, 1.807) is 0 Å². The highest BCUT2D eigenvalue weighted by Crippen LogP contribution is 2.25. The number of morpholine rings is 1. The van der Waals surface area contributed by atoms with Gasteiger partial charge in [-0.05, 0) is 37.0 Å². The molecule has 1 fully saturated rings. The smallest absolute Gasteiger partial charge is 0.122 e. The number of aryl methyl sites for hydroxylation is 1. The summed E-state index contributed by atoms with van der Waals surface area (Å²) in [5.74, 6) is 1.08. The quantitative estimate of drug-likeness (QED) is 0.897. The Hall–Kier alpha value is -1.10. The third kappa shape index (κ3) is 4.19. The summed E-state index contributed by atoms with van der Waals surface area (Å²) >= 11 is 0. The number of ether oxygens (including phenoxy) is 2. The van der Waals surface area contributed by atoms with Crippen molar-refractivity contribution in [2.45, 2.75) is 32.4 Å². The summed E-state index contributed by atoms with van der Waals surface area (Å²) in [4.78, 5) is 2.47. The van der Waals surface area contributed by atoms with Crippen LogP contribution in [0.5, 0.6) is 5.75 Å². The zero-order valence-electron chi connectivity index (χ0n) is 12.9. The molecule has 0 aromatic heterocycles. The Kier molecular flexibility index (Phi) is 5.12. The molecule has 1 aromatic rings. The molecule has 1 N–H and O–H groups in total. The lowest BCUT2D eigenvalue weighted by atomic mass is 10.0. The maximum Gasteiger partial charge on any atom is 0.122 e. The molecule has 4 nitrogen and oxygen atoms in total. The van der Waals surface area contributed by atoms with Gasteiger partial charge in [0.15, 0.2) is 0 Å². The van der Waals surface area contributed by atoms with Crippen molar-refractivity contribution >= 4 is 0 Å². The molecule has 1 saturated heterocycles. The minimum absolute atomic E-state index is 0.496. The van der Waals surface area contributed by atoms with Crippen LogP contribution in [0.1, 0.15) is 24.5 Å². The molecule has 116 valence electrons. The van der Waals surface area contributed by atoms with Gasteiger partial charge in [0, 0.05) is 32.2 Å². The maximum atomic E-state index is 5.67. The van der Waals surface area contributed by atoms with Gasteiger partial charge in [-0.15, -0.1) is 0 Å². The van der Waals surface area contributed by atoms with E-state index in [0.717, 1.165) is 64.6 Å². The Balaban J connectivity index is 1.47. The fraction of sp³-hybridized carbons (Fsp3) is 0.647. The molecule has 2 aliphatic heterocycles. The lowest BCUT2D eigenvalue weighted by molar-refractivity contribution is 0.0343. The summed E-state index contributed by atoms with van der Waals surface area (Å²) in [6.45, 7) is 9.01. The molecule has 0 radical (unpaired) electrons. The van der Waals surface area contributed by atoms with Crippen molar-refractivity contribution in [3.63, 3.8) is 0 Å². The molecular formula is C17H26N2O2. The lowest BCUT2D eigenvalue weighted by Gasteiger charge is -2.29. The van der Waals surface area contributed by atoms with Crippen LogP contribution in [0.4, 0.5) is 0 Å². The summed E-state index contributed by atoms with van der Waals surface area (Å²) in [5, 5.41) is 3.63. The third-order valence-corrected chi connectivity index (χ3v) is 4.26. The molecular weight excluding hydrogens is 264 g/mol. The Bertz CT molecular complexity index is 458. The van der Waals surface area contributed by atoms with Crippen molar-refractivity contribution in [1.82, 2.24) is 10.2 Å². The second kappa shape index (κ2) is 7.25. The molecule has 0 amide bonds. The zero-order valence-corrected chi connectivity index (χ0v) is 12.9. The SMILES string of the molecule is CC(CN1CCOCC1)NCc1ccc2c(c1)CCCO2. The minimum Gasteiger partial charge on any atom is -0.493 e. The molecule has 0 aliphatic carbocycles. The van der Waals surface area contributed by atoms with E-state index in [1.165, 1.54) is 11.1 Å². The number of hydrogen-bond donors (Lipinski definition) is 1. The van der Waals surface area contributed by atoms with Crippen LogP contribution in [0.15, 0.2) is 18.2 Å². The van der Waals surface area contributed by atoms with Gasteiger partial charge in [0.25, 0.3) is 0 Å². The molecule has 2 heterocycles. The number of nitrogens with zero attached hydrogens (tertiary/aromatic N) is 1. The highest BCUT2D eigenvalue weighted by molar-refractivity contribution is 5.38. The fourth-order valence-corrected chi connectivity index (χ4v) is 3.05. The Morgan fingerprint density at radius 3 is 2.95 bits per heavy atom. The van der Waals surface area contributed by atoms with E-state index in [2.05, 4.69) is 35.3 Å². The van der Waals surface area contributed by atoms with Crippen LogP contribution in [0.25, 0.3) is 0 Å². The predicted octanol–water partition coefficient (Wildman–Crippen LogP) is 1.82. The van der Waals surface area contributed by atoms with Crippen LogP contribution in [-0.4, -0.2) is 50.4 Å². The minimum atomic E-state index is 0.496. The maximum absolute atomic E-state index is 5.67. The molecule has 3 rings (SSSR count). The molecule has 2 aliphatic rings.